The molecule has 1 amide bonds. The zero-order valence-electron chi connectivity index (χ0n) is 12.6. The summed E-state index contributed by atoms with van der Waals surface area (Å²) in [6.45, 7) is 2.09. The Bertz CT molecular complexity index is 659. The van der Waals surface area contributed by atoms with Crippen molar-refractivity contribution in [2.45, 2.75) is 25.3 Å². The van der Waals surface area contributed by atoms with Gasteiger partial charge in [0.1, 0.15) is 0 Å². The Balaban J connectivity index is 0.00000176. The van der Waals surface area contributed by atoms with Gasteiger partial charge in [0.05, 0.1) is 12.1 Å². The van der Waals surface area contributed by atoms with Gasteiger partial charge in [-0.2, -0.15) is 0 Å². The molecule has 0 aliphatic heterocycles. The van der Waals surface area contributed by atoms with E-state index in [4.69, 9.17) is 5.73 Å². The van der Waals surface area contributed by atoms with Crippen LogP contribution in [-0.2, 0) is 23.2 Å². The van der Waals surface area contributed by atoms with E-state index in [9.17, 15) is 4.79 Å². The minimum absolute atomic E-state index is 0. The van der Waals surface area contributed by atoms with E-state index < -0.39 is 0 Å². The maximum Gasteiger partial charge on any atom is 0.234 e. The number of hydrogen-bond acceptors (Lipinski definition) is 2. The van der Waals surface area contributed by atoms with E-state index in [2.05, 4.69) is 54.7 Å². The van der Waals surface area contributed by atoms with Crippen LogP contribution in [0.1, 0.15) is 22.3 Å². The number of rotatable bonds is 3. The van der Waals surface area contributed by atoms with Crippen LogP contribution in [0, 0.1) is 6.92 Å². The molecule has 0 heterocycles. The highest BCUT2D eigenvalue weighted by Crippen LogP contribution is 2.38. The fourth-order valence-electron chi connectivity index (χ4n) is 3.24. The van der Waals surface area contributed by atoms with Crippen molar-refractivity contribution in [3.05, 3.63) is 70.8 Å². The third-order valence-electron chi connectivity index (χ3n) is 4.24. The van der Waals surface area contributed by atoms with Crippen molar-refractivity contribution in [3.63, 3.8) is 0 Å². The number of halogens is 1. The van der Waals surface area contributed by atoms with Gasteiger partial charge < -0.3 is 11.1 Å². The molecule has 3 rings (SSSR count). The van der Waals surface area contributed by atoms with Crippen LogP contribution in [-0.4, -0.2) is 12.5 Å². The molecule has 22 heavy (non-hydrogen) atoms. The minimum Gasteiger partial charge on any atom is -0.345 e. The first-order chi connectivity index (χ1) is 10.1. The number of amides is 1. The maximum absolute atomic E-state index is 11.9. The van der Waals surface area contributed by atoms with Crippen LogP contribution >= 0.6 is 12.4 Å². The zero-order valence-corrected chi connectivity index (χ0v) is 13.5. The van der Waals surface area contributed by atoms with Crippen LogP contribution in [0.2, 0.25) is 0 Å². The molecule has 3 nitrogen and oxygen atoms in total. The summed E-state index contributed by atoms with van der Waals surface area (Å²) in [5.41, 5.74) is 10.1. The van der Waals surface area contributed by atoms with Crippen LogP contribution in [0.3, 0.4) is 0 Å². The van der Waals surface area contributed by atoms with Crippen LogP contribution < -0.4 is 11.1 Å². The first kappa shape index (κ1) is 16.5. The summed E-state index contributed by atoms with van der Waals surface area (Å²) in [6.07, 6.45) is 1.64. The van der Waals surface area contributed by atoms with Crippen LogP contribution in [0.25, 0.3) is 0 Å². The molecule has 0 spiro atoms. The molecule has 0 saturated carbocycles. The average molecular weight is 317 g/mol. The van der Waals surface area contributed by atoms with Gasteiger partial charge in [-0.3, -0.25) is 4.79 Å². The summed E-state index contributed by atoms with van der Waals surface area (Å²) in [4.78, 5) is 11.9. The molecule has 1 aliphatic carbocycles. The van der Waals surface area contributed by atoms with Gasteiger partial charge in [-0.1, -0.05) is 54.1 Å². The fourth-order valence-corrected chi connectivity index (χ4v) is 3.24. The summed E-state index contributed by atoms with van der Waals surface area (Å²) in [6, 6.07) is 16.8. The second kappa shape index (κ2) is 6.51. The number of fused-ring (bicyclic) bond motifs is 1. The normalized spacial score (nSPS) is 14.8. The third kappa shape index (κ3) is 3.01. The summed E-state index contributed by atoms with van der Waals surface area (Å²) in [5, 5.41) is 3.17. The first-order valence-electron chi connectivity index (χ1n) is 7.28. The summed E-state index contributed by atoms with van der Waals surface area (Å²) >= 11 is 0. The molecule has 0 saturated heterocycles. The van der Waals surface area contributed by atoms with E-state index in [1.165, 1.54) is 16.7 Å². The van der Waals surface area contributed by atoms with Crippen molar-refractivity contribution < 1.29 is 4.79 Å². The Labute approximate surface area is 137 Å². The van der Waals surface area contributed by atoms with E-state index in [-0.39, 0.29) is 30.4 Å². The number of carbonyl (C=O) groups is 1. The lowest BCUT2D eigenvalue weighted by atomic mass is 9.86. The predicted octanol–water partition coefficient (Wildman–Crippen LogP) is 2.49. The van der Waals surface area contributed by atoms with Crippen molar-refractivity contribution in [1.82, 2.24) is 5.32 Å². The molecule has 2 aromatic carbocycles. The second-order valence-corrected chi connectivity index (χ2v) is 5.83. The molecule has 2 aromatic rings. The summed E-state index contributed by atoms with van der Waals surface area (Å²) in [5.74, 6) is -0.107. The quantitative estimate of drug-likeness (QED) is 0.914. The zero-order chi connectivity index (χ0) is 14.9. The summed E-state index contributed by atoms with van der Waals surface area (Å²) < 4.78 is 0. The third-order valence-corrected chi connectivity index (χ3v) is 4.24. The monoisotopic (exact) mass is 316 g/mol. The Kier molecular flexibility index (Phi) is 4.89. The predicted molar refractivity (Wildman–Crippen MR) is 91.2 cm³/mol. The van der Waals surface area contributed by atoms with Crippen molar-refractivity contribution in [2.75, 3.05) is 6.54 Å². The highest BCUT2D eigenvalue weighted by molar-refractivity contribution is 5.85. The Hall–Kier alpha value is -1.84. The maximum atomic E-state index is 11.9. The van der Waals surface area contributed by atoms with Gasteiger partial charge in [0.25, 0.3) is 0 Å². The molecule has 116 valence electrons. The topological polar surface area (TPSA) is 55.1 Å². The van der Waals surface area contributed by atoms with Crippen molar-refractivity contribution in [2.24, 2.45) is 5.73 Å². The van der Waals surface area contributed by atoms with Gasteiger partial charge in [0.15, 0.2) is 0 Å². The Morgan fingerprint density at radius 1 is 1.14 bits per heavy atom. The standard InChI is InChI=1S/C18H20N2O.ClH/c1-13-5-4-8-16(9-13)18(20-17(21)12-19)10-14-6-2-3-7-15(14)11-18;/h2-9H,10-12,19H2,1H3,(H,20,21);1H. The van der Waals surface area contributed by atoms with Crippen LogP contribution in [0.15, 0.2) is 48.5 Å². The fraction of sp³-hybridized carbons (Fsp3) is 0.278. The molecule has 1 aliphatic rings. The molecular weight excluding hydrogens is 296 g/mol. The van der Waals surface area contributed by atoms with E-state index in [0.717, 1.165) is 18.4 Å². The van der Waals surface area contributed by atoms with Crippen LogP contribution in [0.4, 0.5) is 0 Å². The van der Waals surface area contributed by atoms with Crippen molar-refractivity contribution >= 4 is 18.3 Å². The molecule has 4 heteroatoms. The Morgan fingerprint density at radius 3 is 2.32 bits per heavy atom. The van der Waals surface area contributed by atoms with E-state index in [1.54, 1.807) is 0 Å². The largest absolute Gasteiger partial charge is 0.345 e. The molecular formula is C18H21ClN2O. The first-order valence-corrected chi connectivity index (χ1v) is 7.28. The molecule has 0 atom stereocenters. The number of nitrogens with one attached hydrogen (secondary N) is 1. The lowest BCUT2D eigenvalue weighted by molar-refractivity contribution is -0.121. The lowest BCUT2D eigenvalue weighted by Crippen LogP contribution is -2.48. The number of carbonyl (C=O) groups excluding carboxylic acids is 1. The number of hydrogen-bond donors (Lipinski definition) is 2. The van der Waals surface area contributed by atoms with Gasteiger partial charge in [-0.05, 0) is 23.6 Å². The van der Waals surface area contributed by atoms with Gasteiger partial charge in [-0.25, -0.2) is 0 Å². The molecule has 0 fully saturated rings. The smallest absolute Gasteiger partial charge is 0.234 e. The van der Waals surface area contributed by atoms with Crippen LogP contribution in [0.5, 0.6) is 0 Å². The van der Waals surface area contributed by atoms with Gasteiger partial charge >= 0.3 is 0 Å². The van der Waals surface area contributed by atoms with E-state index in [0.29, 0.717) is 0 Å². The van der Waals surface area contributed by atoms with Gasteiger partial charge in [0, 0.05) is 12.8 Å². The van der Waals surface area contributed by atoms with E-state index in [1.807, 2.05) is 6.07 Å². The second-order valence-electron chi connectivity index (χ2n) is 5.83. The highest BCUT2D eigenvalue weighted by Gasteiger charge is 2.39. The molecule has 0 unspecified atom stereocenters. The summed E-state index contributed by atoms with van der Waals surface area (Å²) in [7, 11) is 0. The molecule has 0 radical (unpaired) electrons. The minimum atomic E-state index is -0.369. The Morgan fingerprint density at radius 2 is 1.77 bits per heavy atom. The lowest BCUT2D eigenvalue weighted by Gasteiger charge is -2.31. The SMILES string of the molecule is Cc1cccc(C2(NC(=O)CN)Cc3ccccc3C2)c1.Cl. The number of benzene rings is 2. The molecule has 3 N–H and O–H groups in total. The van der Waals surface area contributed by atoms with E-state index >= 15 is 0 Å². The van der Waals surface area contributed by atoms with Crippen molar-refractivity contribution in [1.29, 1.82) is 0 Å². The highest BCUT2D eigenvalue weighted by atomic mass is 35.5. The van der Waals surface area contributed by atoms with Crippen molar-refractivity contribution in [3.8, 4) is 0 Å². The van der Waals surface area contributed by atoms with Gasteiger partial charge in [-0.15, -0.1) is 12.4 Å². The number of nitrogens with two attached hydrogens (primary N) is 1. The van der Waals surface area contributed by atoms with Gasteiger partial charge in [0.2, 0.25) is 5.91 Å². The number of aryl methyl sites for hydroxylation is 1. The molecule has 0 aromatic heterocycles. The molecule has 0 bridgehead atoms. The average Bonchev–Trinajstić information content (AvgIpc) is 2.86.